The van der Waals surface area contributed by atoms with E-state index in [2.05, 4.69) is 15.3 Å². The van der Waals surface area contributed by atoms with E-state index in [1.54, 1.807) is 38.2 Å². The summed E-state index contributed by atoms with van der Waals surface area (Å²) in [6.07, 6.45) is 1.51. The molecular formula is C13H13N3O2. The second kappa shape index (κ2) is 4.83. The van der Waals surface area contributed by atoms with Gasteiger partial charge < -0.3 is 10.3 Å². The van der Waals surface area contributed by atoms with Gasteiger partial charge in [-0.05, 0) is 19.1 Å². The van der Waals surface area contributed by atoms with Crippen molar-refractivity contribution in [2.24, 2.45) is 0 Å². The lowest BCUT2D eigenvalue weighted by atomic mass is 10.1. The number of amides is 1. The number of aromatic nitrogens is 2. The first-order valence-electron chi connectivity index (χ1n) is 5.50. The van der Waals surface area contributed by atoms with Crippen LogP contribution >= 0.6 is 0 Å². The molecule has 0 saturated carbocycles. The molecule has 0 aliphatic heterocycles. The van der Waals surface area contributed by atoms with Gasteiger partial charge in [-0.3, -0.25) is 9.59 Å². The Morgan fingerprint density at radius 2 is 2.17 bits per heavy atom. The Balaban J connectivity index is 2.47. The monoisotopic (exact) mass is 243 g/mol. The first-order valence-corrected chi connectivity index (χ1v) is 5.50. The minimum absolute atomic E-state index is 0.175. The zero-order valence-corrected chi connectivity index (χ0v) is 10.2. The molecule has 92 valence electrons. The number of carbonyl (C=O) groups is 1. The molecule has 0 saturated heterocycles. The zero-order chi connectivity index (χ0) is 13.1. The number of H-pyrrole nitrogens is 1. The first-order chi connectivity index (χ1) is 8.61. The van der Waals surface area contributed by atoms with E-state index < -0.39 is 0 Å². The minimum Gasteiger partial charge on any atom is -0.355 e. The van der Waals surface area contributed by atoms with Crippen LogP contribution in [0.15, 0.2) is 35.3 Å². The van der Waals surface area contributed by atoms with Gasteiger partial charge in [-0.25, -0.2) is 4.98 Å². The van der Waals surface area contributed by atoms with Gasteiger partial charge >= 0.3 is 0 Å². The third-order valence-electron chi connectivity index (χ3n) is 2.60. The van der Waals surface area contributed by atoms with Crippen LogP contribution in [0.25, 0.3) is 11.4 Å². The summed E-state index contributed by atoms with van der Waals surface area (Å²) in [5.74, 6) is 0.280. The van der Waals surface area contributed by atoms with E-state index in [1.165, 1.54) is 6.20 Å². The van der Waals surface area contributed by atoms with Crippen molar-refractivity contribution in [2.75, 3.05) is 7.05 Å². The predicted molar refractivity (Wildman–Crippen MR) is 68.4 cm³/mol. The smallest absolute Gasteiger partial charge is 0.254 e. The van der Waals surface area contributed by atoms with Crippen LogP contribution in [-0.4, -0.2) is 22.9 Å². The van der Waals surface area contributed by atoms with Gasteiger partial charge in [-0.15, -0.1) is 0 Å². The summed E-state index contributed by atoms with van der Waals surface area (Å²) in [6.45, 7) is 1.69. The highest BCUT2D eigenvalue weighted by molar-refractivity contribution is 5.95. The van der Waals surface area contributed by atoms with Crippen molar-refractivity contribution in [2.45, 2.75) is 6.92 Å². The topological polar surface area (TPSA) is 74.8 Å². The molecular weight excluding hydrogens is 230 g/mol. The maximum Gasteiger partial charge on any atom is 0.254 e. The van der Waals surface area contributed by atoms with Crippen molar-refractivity contribution >= 4 is 5.91 Å². The fourth-order valence-corrected chi connectivity index (χ4v) is 1.56. The molecule has 0 radical (unpaired) electrons. The van der Waals surface area contributed by atoms with Gasteiger partial charge in [0.1, 0.15) is 5.82 Å². The number of hydrogen-bond donors (Lipinski definition) is 2. The molecule has 2 aromatic rings. The minimum atomic E-state index is -0.176. The number of aromatic amines is 1. The number of carbonyl (C=O) groups excluding carboxylic acids is 1. The standard InChI is InChI=1S/C13H13N3O2/c1-8-7-15-11(16-12(8)17)9-4-3-5-10(6-9)13(18)14-2/h3-7H,1-2H3,(H,14,18)(H,15,16,17). The van der Waals surface area contributed by atoms with E-state index in [0.717, 1.165) is 0 Å². The molecule has 18 heavy (non-hydrogen) atoms. The van der Waals surface area contributed by atoms with E-state index >= 15 is 0 Å². The third-order valence-corrected chi connectivity index (χ3v) is 2.60. The Morgan fingerprint density at radius 1 is 1.39 bits per heavy atom. The average molecular weight is 243 g/mol. The Kier molecular flexibility index (Phi) is 3.23. The molecule has 0 aliphatic rings. The summed E-state index contributed by atoms with van der Waals surface area (Å²) >= 11 is 0. The molecule has 1 aromatic heterocycles. The number of rotatable bonds is 2. The van der Waals surface area contributed by atoms with Crippen LogP contribution in [0, 0.1) is 6.92 Å². The van der Waals surface area contributed by atoms with Crippen LogP contribution in [-0.2, 0) is 0 Å². The van der Waals surface area contributed by atoms with Gasteiger partial charge in [0.2, 0.25) is 0 Å². The molecule has 1 amide bonds. The fourth-order valence-electron chi connectivity index (χ4n) is 1.56. The van der Waals surface area contributed by atoms with Gasteiger partial charge in [-0.2, -0.15) is 0 Å². The maximum absolute atomic E-state index is 11.5. The summed E-state index contributed by atoms with van der Waals surface area (Å²) in [4.78, 5) is 29.9. The molecule has 0 bridgehead atoms. The molecule has 0 atom stereocenters. The highest BCUT2D eigenvalue weighted by atomic mass is 16.1. The number of nitrogens with one attached hydrogen (secondary N) is 2. The first kappa shape index (κ1) is 12.0. The van der Waals surface area contributed by atoms with Crippen molar-refractivity contribution in [1.82, 2.24) is 15.3 Å². The molecule has 0 spiro atoms. The summed E-state index contributed by atoms with van der Waals surface area (Å²) < 4.78 is 0. The van der Waals surface area contributed by atoms with Crippen LogP contribution in [0.4, 0.5) is 0 Å². The number of nitrogens with zero attached hydrogens (tertiary/aromatic N) is 1. The second-order valence-electron chi connectivity index (χ2n) is 3.90. The Bertz CT molecular complexity index is 647. The average Bonchev–Trinajstić information content (AvgIpc) is 2.41. The molecule has 1 heterocycles. The van der Waals surface area contributed by atoms with Crippen molar-refractivity contribution in [1.29, 1.82) is 0 Å². The predicted octanol–water partition coefficient (Wildman–Crippen LogP) is 1.10. The molecule has 5 heteroatoms. The van der Waals surface area contributed by atoms with Gasteiger partial charge in [0.25, 0.3) is 11.5 Å². The molecule has 5 nitrogen and oxygen atoms in total. The molecule has 0 unspecified atom stereocenters. The number of hydrogen-bond acceptors (Lipinski definition) is 3. The van der Waals surface area contributed by atoms with E-state index in [0.29, 0.717) is 22.5 Å². The van der Waals surface area contributed by atoms with Crippen molar-refractivity contribution in [3.8, 4) is 11.4 Å². The normalized spacial score (nSPS) is 10.1. The number of benzene rings is 1. The van der Waals surface area contributed by atoms with Crippen molar-refractivity contribution in [3.63, 3.8) is 0 Å². The van der Waals surface area contributed by atoms with E-state index in [1.807, 2.05) is 0 Å². The summed E-state index contributed by atoms with van der Waals surface area (Å²) in [5.41, 5.74) is 1.61. The molecule has 2 N–H and O–H groups in total. The lowest BCUT2D eigenvalue weighted by Gasteiger charge is -2.04. The lowest BCUT2D eigenvalue weighted by Crippen LogP contribution is -2.17. The summed E-state index contributed by atoms with van der Waals surface area (Å²) in [7, 11) is 1.57. The highest BCUT2D eigenvalue weighted by Gasteiger charge is 2.06. The Labute approximate surface area is 104 Å². The van der Waals surface area contributed by atoms with E-state index in [9.17, 15) is 9.59 Å². The largest absolute Gasteiger partial charge is 0.355 e. The maximum atomic E-state index is 11.5. The number of aryl methyl sites for hydroxylation is 1. The summed E-state index contributed by atoms with van der Waals surface area (Å²) in [6, 6.07) is 6.93. The van der Waals surface area contributed by atoms with Crippen LogP contribution in [0.5, 0.6) is 0 Å². The quantitative estimate of drug-likeness (QED) is 0.829. The molecule has 0 aliphatic carbocycles. The molecule has 2 rings (SSSR count). The fraction of sp³-hybridized carbons (Fsp3) is 0.154. The van der Waals surface area contributed by atoms with Crippen LogP contribution in [0.3, 0.4) is 0 Å². The van der Waals surface area contributed by atoms with Gasteiger partial charge in [0.15, 0.2) is 0 Å². The Morgan fingerprint density at radius 3 is 2.83 bits per heavy atom. The Hall–Kier alpha value is -2.43. The van der Waals surface area contributed by atoms with Gasteiger partial charge in [0, 0.05) is 29.9 Å². The second-order valence-corrected chi connectivity index (χ2v) is 3.90. The van der Waals surface area contributed by atoms with E-state index in [-0.39, 0.29) is 11.5 Å². The zero-order valence-electron chi connectivity index (χ0n) is 10.2. The van der Waals surface area contributed by atoms with Crippen molar-refractivity contribution < 1.29 is 4.79 Å². The lowest BCUT2D eigenvalue weighted by molar-refractivity contribution is 0.0963. The summed E-state index contributed by atoms with van der Waals surface area (Å²) in [5, 5.41) is 2.55. The van der Waals surface area contributed by atoms with E-state index in [4.69, 9.17) is 0 Å². The van der Waals surface area contributed by atoms with Crippen molar-refractivity contribution in [3.05, 3.63) is 51.9 Å². The van der Waals surface area contributed by atoms with Gasteiger partial charge in [-0.1, -0.05) is 12.1 Å². The SMILES string of the molecule is CNC(=O)c1cccc(-c2ncc(C)c(=O)[nH]2)c1. The van der Waals surface area contributed by atoms with Gasteiger partial charge in [0.05, 0.1) is 0 Å². The highest BCUT2D eigenvalue weighted by Crippen LogP contribution is 2.15. The van der Waals surface area contributed by atoms with Crippen LogP contribution in [0.1, 0.15) is 15.9 Å². The van der Waals surface area contributed by atoms with Crippen LogP contribution in [0.2, 0.25) is 0 Å². The molecule has 1 aromatic carbocycles. The van der Waals surface area contributed by atoms with Crippen LogP contribution < -0.4 is 10.9 Å². The third kappa shape index (κ3) is 2.29. The molecule has 0 fully saturated rings.